The Bertz CT molecular complexity index is 1170. The molecular formula is C21H19BrN8. The number of halogens is 1. The highest BCUT2D eigenvalue weighted by Crippen LogP contribution is 2.19. The topological polar surface area (TPSA) is 92.9 Å². The average Bonchev–Trinajstić information content (AvgIpc) is 3.08. The Morgan fingerprint density at radius 2 is 1.67 bits per heavy atom. The van der Waals surface area contributed by atoms with Gasteiger partial charge in [-0.3, -0.25) is 0 Å². The summed E-state index contributed by atoms with van der Waals surface area (Å²) in [6, 6.07) is 19.5. The van der Waals surface area contributed by atoms with E-state index in [4.69, 9.17) is 0 Å². The second kappa shape index (κ2) is 8.83. The molecule has 8 nitrogen and oxygen atoms in total. The van der Waals surface area contributed by atoms with Gasteiger partial charge in [0.25, 0.3) is 5.95 Å². The fourth-order valence-electron chi connectivity index (χ4n) is 2.76. The van der Waals surface area contributed by atoms with E-state index in [1.165, 1.54) is 0 Å². The third-order valence-electron chi connectivity index (χ3n) is 4.10. The van der Waals surface area contributed by atoms with E-state index < -0.39 is 0 Å². The SMILES string of the molecule is Cc1cc(C)n(-c2nc(N/N=C\c3ccccc3)nc(Nc3ccc(Br)cc3)n2)n1. The Hall–Kier alpha value is -3.59. The molecule has 2 N–H and O–H groups in total. The van der Waals surface area contributed by atoms with Crippen LogP contribution in [0.5, 0.6) is 0 Å². The molecule has 4 rings (SSSR count). The zero-order valence-electron chi connectivity index (χ0n) is 16.4. The lowest BCUT2D eigenvalue weighted by atomic mass is 10.2. The molecule has 2 heterocycles. The third-order valence-corrected chi connectivity index (χ3v) is 4.63. The van der Waals surface area contributed by atoms with E-state index in [9.17, 15) is 0 Å². The van der Waals surface area contributed by atoms with Gasteiger partial charge in [-0.05, 0) is 49.7 Å². The minimum Gasteiger partial charge on any atom is -0.324 e. The molecule has 0 unspecified atom stereocenters. The highest BCUT2D eigenvalue weighted by atomic mass is 79.9. The zero-order valence-corrected chi connectivity index (χ0v) is 18.0. The molecule has 150 valence electrons. The van der Waals surface area contributed by atoms with Crippen LogP contribution in [0.3, 0.4) is 0 Å². The maximum atomic E-state index is 4.53. The summed E-state index contributed by atoms with van der Waals surface area (Å²) in [5.41, 5.74) is 6.50. The van der Waals surface area contributed by atoms with Crippen molar-refractivity contribution in [1.82, 2.24) is 24.7 Å². The first-order valence-corrected chi connectivity index (χ1v) is 10.0. The van der Waals surface area contributed by atoms with Crippen LogP contribution < -0.4 is 10.7 Å². The first-order valence-electron chi connectivity index (χ1n) is 9.23. The van der Waals surface area contributed by atoms with Gasteiger partial charge in [0.05, 0.1) is 11.9 Å². The standard InChI is InChI=1S/C21H19BrN8/c1-14-12-15(2)30(29-14)21-26-19(24-18-10-8-17(22)9-11-18)25-20(27-21)28-23-13-16-6-4-3-5-7-16/h3-13H,1-2H3,(H2,24,25,26,27,28)/b23-13-. The Morgan fingerprint density at radius 3 is 2.37 bits per heavy atom. The fourth-order valence-corrected chi connectivity index (χ4v) is 3.03. The molecule has 0 fully saturated rings. The van der Waals surface area contributed by atoms with Gasteiger partial charge < -0.3 is 5.32 Å². The first-order chi connectivity index (χ1) is 14.6. The number of nitrogens with one attached hydrogen (secondary N) is 2. The summed E-state index contributed by atoms with van der Waals surface area (Å²) in [6.07, 6.45) is 1.70. The maximum absolute atomic E-state index is 4.53. The number of nitrogens with zero attached hydrogens (tertiary/aromatic N) is 6. The Morgan fingerprint density at radius 1 is 0.933 bits per heavy atom. The van der Waals surface area contributed by atoms with Crippen molar-refractivity contribution in [1.29, 1.82) is 0 Å². The monoisotopic (exact) mass is 462 g/mol. The number of anilines is 3. The molecule has 9 heteroatoms. The van der Waals surface area contributed by atoms with Gasteiger partial charge in [0.1, 0.15) is 0 Å². The number of benzene rings is 2. The lowest BCUT2D eigenvalue weighted by molar-refractivity contribution is 0.767. The summed E-state index contributed by atoms with van der Waals surface area (Å²) >= 11 is 3.44. The van der Waals surface area contributed by atoms with Gasteiger partial charge in [0.2, 0.25) is 11.9 Å². The van der Waals surface area contributed by atoms with Gasteiger partial charge in [0.15, 0.2) is 0 Å². The molecule has 0 radical (unpaired) electrons. The lowest BCUT2D eigenvalue weighted by Crippen LogP contribution is -2.11. The average molecular weight is 463 g/mol. The summed E-state index contributed by atoms with van der Waals surface area (Å²) in [7, 11) is 0. The van der Waals surface area contributed by atoms with E-state index in [-0.39, 0.29) is 0 Å². The number of hydrogen-bond donors (Lipinski definition) is 2. The molecule has 0 bridgehead atoms. The largest absolute Gasteiger partial charge is 0.324 e. The number of hydrogen-bond acceptors (Lipinski definition) is 7. The van der Waals surface area contributed by atoms with Crippen LogP contribution in [0, 0.1) is 13.8 Å². The Kier molecular flexibility index (Phi) is 5.80. The smallest absolute Gasteiger partial charge is 0.257 e. The zero-order chi connectivity index (χ0) is 20.9. The predicted octanol–water partition coefficient (Wildman–Crippen LogP) is 4.63. The van der Waals surface area contributed by atoms with Crippen LogP contribution in [0.4, 0.5) is 17.6 Å². The summed E-state index contributed by atoms with van der Waals surface area (Å²) in [5, 5.41) is 11.9. The van der Waals surface area contributed by atoms with E-state index in [2.05, 4.69) is 51.8 Å². The van der Waals surface area contributed by atoms with Gasteiger partial charge in [-0.15, -0.1) is 0 Å². The van der Waals surface area contributed by atoms with Crippen LogP contribution in [-0.4, -0.2) is 30.9 Å². The van der Waals surface area contributed by atoms with Crippen molar-refractivity contribution in [3.8, 4) is 5.95 Å². The van der Waals surface area contributed by atoms with E-state index in [1.54, 1.807) is 10.9 Å². The van der Waals surface area contributed by atoms with Crippen molar-refractivity contribution in [3.63, 3.8) is 0 Å². The summed E-state index contributed by atoms with van der Waals surface area (Å²) in [6.45, 7) is 3.88. The Labute approximate surface area is 182 Å². The second-order valence-corrected chi connectivity index (χ2v) is 7.45. The Balaban J connectivity index is 1.65. The van der Waals surface area contributed by atoms with Crippen LogP contribution in [0.15, 0.2) is 70.2 Å². The lowest BCUT2D eigenvalue weighted by Gasteiger charge is -2.09. The summed E-state index contributed by atoms with van der Waals surface area (Å²) in [4.78, 5) is 13.4. The van der Waals surface area contributed by atoms with Crippen LogP contribution >= 0.6 is 15.9 Å². The highest BCUT2D eigenvalue weighted by Gasteiger charge is 2.12. The molecule has 0 atom stereocenters. The van der Waals surface area contributed by atoms with E-state index in [0.717, 1.165) is 27.1 Å². The van der Waals surface area contributed by atoms with E-state index in [0.29, 0.717) is 17.8 Å². The number of hydrazone groups is 1. The normalized spacial score (nSPS) is 11.0. The van der Waals surface area contributed by atoms with Gasteiger partial charge >= 0.3 is 0 Å². The molecule has 0 aliphatic carbocycles. The quantitative estimate of drug-likeness (QED) is 0.320. The number of aryl methyl sites for hydroxylation is 2. The van der Waals surface area contributed by atoms with Crippen LogP contribution in [0.1, 0.15) is 17.0 Å². The van der Waals surface area contributed by atoms with Crippen molar-refractivity contribution in [2.75, 3.05) is 10.7 Å². The third kappa shape index (κ3) is 4.87. The molecule has 0 aliphatic rings. The molecular weight excluding hydrogens is 444 g/mol. The van der Waals surface area contributed by atoms with Crippen molar-refractivity contribution >= 4 is 39.7 Å². The van der Waals surface area contributed by atoms with E-state index >= 15 is 0 Å². The van der Waals surface area contributed by atoms with Gasteiger partial charge in [-0.1, -0.05) is 46.3 Å². The highest BCUT2D eigenvalue weighted by molar-refractivity contribution is 9.10. The minimum absolute atomic E-state index is 0.305. The van der Waals surface area contributed by atoms with Gasteiger partial charge in [0, 0.05) is 15.9 Å². The molecule has 0 saturated heterocycles. The van der Waals surface area contributed by atoms with Crippen LogP contribution in [0.2, 0.25) is 0 Å². The summed E-state index contributed by atoms with van der Waals surface area (Å²) < 4.78 is 2.67. The minimum atomic E-state index is 0.305. The summed E-state index contributed by atoms with van der Waals surface area (Å²) in [5.74, 6) is 1.08. The van der Waals surface area contributed by atoms with E-state index in [1.807, 2.05) is 74.5 Å². The molecule has 0 amide bonds. The van der Waals surface area contributed by atoms with Crippen LogP contribution in [0.25, 0.3) is 5.95 Å². The van der Waals surface area contributed by atoms with Gasteiger partial charge in [-0.25, -0.2) is 10.1 Å². The molecule has 2 aromatic carbocycles. The number of rotatable bonds is 6. The molecule has 2 aromatic heterocycles. The number of aromatic nitrogens is 5. The van der Waals surface area contributed by atoms with Gasteiger partial charge in [-0.2, -0.15) is 25.2 Å². The predicted molar refractivity (Wildman–Crippen MR) is 122 cm³/mol. The van der Waals surface area contributed by atoms with Crippen molar-refractivity contribution in [2.45, 2.75) is 13.8 Å². The molecule has 0 saturated carbocycles. The van der Waals surface area contributed by atoms with Crippen molar-refractivity contribution < 1.29 is 0 Å². The molecule has 0 aliphatic heterocycles. The molecule has 4 aromatic rings. The molecule has 30 heavy (non-hydrogen) atoms. The van der Waals surface area contributed by atoms with Crippen molar-refractivity contribution in [2.24, 2.45) is 5.10 Å². The maximum Gasteiger partial charge on any atom is 0.257 e. The molecule has 0 spiro atoms. The van der Waals surface area contributed by atoms with Crippen LogP contribution in [-0.2, 0) is 0 Å². The second-order valence-electron chi connectivity index (χ2n) is 6.53. The fraction of sp³-hybridized carbons (Fsp3) is 0.0952. The van der Waals surface area contributed by atoms with Crippen molar-refractivity contribution in [3.05, 3.63) is 82.1 Å². The first kappa shape index (κ1) is 19.7.